The van der Waals surface area contributed by atoms with Crippen LogP contribution in [-0.2, 0) is 14.8 Å². The zero-order chi connectivity index (χ0) is 25.7. The minimum absolute atomic E-state index is 0.0445. The average Bonchev–Trinajstić information content (AvgIpc) is 2.89. The van der Waals surface area contributed by atoms with Gasteiger partial charge in [0.15, 0.2) is 0 Å². The Kier molecular flexibility index (Phi) is 7.50. The van der Waals surface area contributed by atoms with Crippen LogP contribution in [0.2, 0.25) is 0 Å². The minimum atomic E-state index is -3.82. The molecule has 4 aromatic rings. The monoisotopic (exact) mass is 514 g/mol. The molecule has 0 aliphatic carbocycles. The molecule has 0 spiro atoms. The van der Waals surface area contributed by atoms with Gasteiger partial charge in [-0.25, -0.2) is 18.5 Å². The lowest BCUT2D eigenvalue weighted by Gasteiger charge is -2.16. The predicted molar refractivity (Wildman–Crippen MR) is 142 cm³/mol. The number of hydrogen-bond donors (Lipinski definition) is 2. The molecule has 3 N–H and O–H groups in total. The number of nitrogens with two attached hydrogens (primary N) is 1. The van der Waals surface area contributed by atoms with E-state index in [2.05, 4.69) is 11.4 Å². The van der Waals surface area contributed by atoms with Crippen molar-refractivity contribution in [2.24, 2.45) is 5.14 Å². The van der Waals surface area contributed by atoms with E-state index in [1.54, 1.807) is 6.92 Å². The summed E-state index contributed by atoms with van der Waals surface area (Å²) in [5.41, 5.74) is 4.03. The van der Waals surface area contributed by atoms with Gasteiger partial charge >= 0.3 is 0 Å². The molecular weight excluding hydrogens is 492 g/mol. The summed E-state index contributed by atoms with van der Waals surface area (Å²) in [5, 5.41) is 17.8. The SMILES string of the molecule is CC(Sc1nc(-c2ccccc2)cc(-c2ccccc2)c1C#N)C(=O)Nc1ccc(S(N)(=O)=O)cc1. The first-order valence-corrected chi connectivity index (χ1v) is 13.4. The summed E-state index contributed by atoms with van der Waals surface area (Å²) in [4.78, 5) is 17.6. The maximum absolute atomic E-state index is 12.9. The van der Waals surface area contributed by atoms with Gasteiger partial charge in [0.2, 0.25) is 15.9 Å². The summed E-state index contributed by atoms with van der Waals surface area (Å²) < 4.78 is 22.9. The molecule has 1 aromatic heterocycles. The summed E-state index contributed by atoms with van der Waals surface area (Å²) in [6.07, 6.45) is 0. The number of rotatable bonds is 7. The third kappa shape index (κ3) is 5.80. The molecule has 0 radical (unpaired) electrons. The van der Waals surface area contributed by atoms with Gasteiger partial charge in [-0.2, -0.15) is 5.26 Å². The van der Waals surface area contributed by atoms with E-state index in [1.165, 1.54) is 36.0 Å². The fraction of sp³-hybridized carbons (Fsp3) is 0.0741. The summed E-state index contributed by atoms with van der Waals surface area (Å²) in [7, 11) is -3.82. The number of anilines is 1. The Bertz CT molecular complexity index is 1530. The molecule has 1 atom stereocenters. The van der Waals surface area contributed by atoms with Crippen LogP contribution in [0.5, 0.6) is 0 Å². The molecule has 180 valence electrons. The number of benzene rings is 3. The van der Waals surface area contributed by atoms with Crippen LogP contribution in [0.1, 0.15) is 12.5 Å². The number of thioether (sulfide) groups is 1. The zero-order valence-corrected chi connectivity index (χ0v) is 20.9. The molecule has 0 fully saturated rings. The van der Waals surface area contributed by atoms with Crippen molar-refractivity contribution in [2.75, 3.05) is 5.32 Å². The fourth-order valence-electron chi connectivity index (χ4n) is 3.51. The van der Waals surface area contributed by atoms with E-state index in [1.807, 2.05) is 66.7 Å². The smallest absolute Gasteiger partial charge is 0.238 e. The van der Waals surface area contributed by atoms with Crippen LogP contribution in [0.4, 0.5) is 5.69 Å². The zero-order valence-electron chi connectivity index (χ0n) is 19.3. The highest BCUT2D eigenvalue weighted by Crippen LogP contribution is 2.35. The molecule has 1 unspecified atom stereocenters. The molecule has 1 amide bonds. The van der Waals surface area contributed by atoms with Crippen molar-refractivity contribution in [3.63, 3.8) is 0 Å². The van der Waals surface area contributed by atoms with Gasteiger partial charge in [-0.15, -0.1) is 0 Å². The van der Waals surface area contributed by atoms with E-state index in [4.69, 9.17) is 10.1 Å². The lowest BCUT2D eigenvalue weighted by Crippen LogP contribution is -2.22. The van der Waals surface area contributed by atoms with Gasteiger partial charge in [-0.3, -0.25) is 4.79 Å². The summed E-state index contributed by atoms with van der Waals surface area (Å²) in [6, 6.07) is 29.0. The van der Waals surface area contributed by atoms with Crippen molar-refractivity contribution < 1.29 is 13.2 Å². The molecule has 0 aliphatic heterocycles. The van der Waals surface area contributed by atoms with Crippen LogP contribution in [0.3, 0.4) is 0 Å². The molecule has 0 saturated heterocycles. The Balaban J connectivity index is 1.66. The number of hydrogen-bond acceptors (Lipinski definition) is 6. The van der Waals surface area contributed by atoms with Crippen molar-refractivity contribution in [3.8, 4) is 28.5 Å². The number of sulfonamides is 1. The van der Waals surface area contributed by atoms with Gasteiger partial charge in [0.1, 0.15) is 11.1 Å². The quantitative estimate of drug-likeness (QED) is 0.332. The third-order valence-electron chi connectivity index (χ3n) is 5.36. The topological polar surface area (TPSA) is 126 Å². The maximum Gasteiger partial charge on any atom is 0.238 e. The number of primary sulfonamides is 1. The number of nitrogens with zero attached hydrogens (tertiary/aromatic N) is 2. The van der Waals surface area contributed by atoms with Gasteiger partial charge in [-0.05, 0) is 42.8 Å². The summed E-state index contributed by atoms with van der Waals surface area (Å²) in [6.45, 7) is 1.72. The van der Waals surface area contributed by atoms with Crippen molar-refractivity contribution in [3.05, 3.63) is 96.6 Å². The van der Waals surface area contributed by atoms with Crippen LogP contribution in [0.25, 0.3) is 22.4 Å². The Morgan fingerprint density at radius 3 is 2.11 bits per heavy atom. The van der Waals surface area contributed by atoms with Gasteiger partial charge in [-0.1, -0.05) is 72.4 Å². The first-order valence-electron chi connectivity index (χ1n) is 10.9. The second-order valence-electron chi connectivity index (χ2n) is 7.90. The standard InChI is InChI=1S/C27H22N4O3S2/c1-18(26(32)30-21-12-14-22(15-13-21)36(29,33)34)35-27-24(17-28)23(19-8-4-2-5-9-19)16-25(31-27)20-10-6-3-7-11-20/h2-16,18H,1H3,(H,30,32)(H2,29,33,34). The Labute approximate surface area is 214 Å². The van der Waals surface area contributed by atoms with Gasteiger partial charge in [0.05, 0.1) is 21.4 Å². The Morgan fingerprint density at radius 2 is 1.56 bits per heavy atom. The summed E-state index contributed by atoms with van der Waals surface area (Å²) >= 11 is 1.19. The number of amides is 1. The number of carbonyl (C=O) groups is 1. The predicted octanol–water partition coefficient (Wildman–Crippen LogP) is 5.05. The third-order valence-corrected chi connectivity index (χ3v) is 7.38. The molecule has 3 aromatic carbocycles. The molecule has 7 nitrogen and oxygen atoms in total. The molecule has 36 heavy (non-hydrogen) atoms. The minimum Gasteiger partial charge on any atom is -0.325 e. The lowest BCUT2D eigenvalue weighted by molar-refractivity contribution is -0.115. The van der Waals surface area contributed by atoms with Crippen LogP contribution < -0.4 is 10.5 Å². The number of nitriles is 1. The van der Waals surface area contributed by atoms with Crippen LogP contribution in [0, 0.1) is 11.3 Å². The highest BCUT2D eigenvalue weighted by Gasteiger charge is 2.21. The Morgan fingerprint density at radius 1 is 0.972 bits per heavy atom. The number of nitrogens with one attached hydrogen (secondary N) is 1. The van der Waals surface area contributed by atoms with E-state index in [0.717, 1.165) is 16.7 Å². The summed E-state index contributed by atoms with van der Waals surface area (Å²) in [5.74, 6) is -0.319. The van der Waals surface area contributed by atoms with Gasteiger partial charge in [0.25, 0.3) is 0 Å². The lowest BCUT2D eigenvalue weighted by atomic mass is 9.99. The van der Waals surface area contributed by atoms with E-state index in [-0.39, 0.29) is 10.8 Å². The van der Waals surface area contributed by atoms with Gasteiger partial charge in [0, 0.05) is 16.8 Å². The molecule has 0 bridgehead atoms. The van der Waals surface area contributed by atoms with E-state index >= 15 is 0 Å². The highest BCUT2D eigenvalue weighted by atomic mass is 32.2. The van der Waals surface area contributed by atoms with Crippen molar-refractivity contribution in [1.29, 1.82) is 5.26 Å². The van der Waals surface area contributed by atoms with Crippen molar-refractivity contribution in [2.45, 2.75) is 22.1 Å². The molecule has 0 saturated carbocycles. The van der Waals surface area contributed by atoms with Crippen LogP contribution >= 0.6 is 11.8 Å². The maximum atomic E-state index is 12.9. The van der Waals surface area contributed by atoms with E-state index in [9.17, 15) is 18.5 Å². The first-order chi connectivity index (χ1) is 17.3. The number of carbonyl (C=O) groups excluding carboxylic acids is 1. The normalized spacial score (nSPS) is 11.9. The number of aromatic nitrogens is 1. The molecule has 1 heterocycles. The van der Waals surface area contributed by atoms with Gasteiger partial charge < -0.3 is 5.32 Å². The van der Waals surface area contributed by atoms with Crippen LogP contribution in [-0.4, -0.2) is 24.6 Å². The number of pyridine rings is 1. The van der Waals surface area contributed by atoms with E-state index < -0.39 is 15.3 Å². The fourth-order valence-corrected chi connectivity index (χ4v) is 4.95. The molecule has 4 rings (SSSR count). The Hall–Kier alpha value is -3.97. The molecule has 9 heteroatoms. The first kappa shape index (κ1) is 25.1. The molecular formula is C27H22N4O3S2. The van der Waals surface area contributed by atoms with Crippen molar-refractivity contribution >= 4 is 33.4 Å². The average molecular weight is 515 g/mol. The van der Waals surface area contributed by atoms with E-state index in [0.29, 0.717) is 22.0 Å². The van der Waals surface area contributed by atoms with Crippen LogP contribution in [0.15, 0.2) is 101 Å². The largest absolute Gasteiger partial charge is 0.325 e. The second-order valence-corrected chi connectivity index (χ2v) is 10.8. The van der Waals surface area contributed by atoms with Crippen molar-refractivity contribution in [1.82, 2.24) is 4.98 Å². The second kappa shape index (κ2) is 10.7. The molecule has 0 aliphatic rings. The highest BCUT2D eigenvalue weighted by molar-refractivity contribution is 8.00.